The van der Waals surface area contributed by atoms with E-state index < -0.39 is 0 Å². The van der Waals surface area contributed by atoms with Crippen molar-refractivity contribution in [3.63, 3.8) is 0 Å². The predicted molar refractivity (Wildman–Crippen MR) is 164 cm³/mol. The number of ether oxygens (including phenoxy) is 1. The van der Waals surface area contributed by atoms with Gasteiger partial charge in [-0.2, -0.15) is 0 Å². The summed E-state index contributed by atoms with van der Waals surface area (Å²) >= 11 is 0. The fraction of sp³-hybridized carbons (Fsp3) is 0.143. The van der Waals surface area contributed by atoms with Crippen LogP contribution in [0.5, 0.6) is 5.75 Å². The van der Waals surface area contributed by atoms with Crippen molar-refractivity contribution in [3.8, 4) is 5.75 Å². The molecule has 0 spiro atoms. The Morgan fingerprint density at radius 3 is 1.87 bits per heavy atom. The fourth-order valence-corrected chi connectivity index (χ4v) is 6.42. The van der Waals surface area contributed by atoms with E-state index in [2.05, 4.69) is 141 Å². The van der Waals surface area contributed by atoms with Crippen molar-refractivity contribution >= 4 is 30.6 Å². The lowest BCUT2D eigenvalue weighted by Gasteiger charge is -2.27. The van der Waals surface area contributed by atoms with Gasteiger partial charge in [0.05, 0.1) is 0 Å². The average Bonchev–Trinajstić information content (AvgIpc) is 2.94. The zero-order valence-corrected chi connectivity index (χ0v) is 23.3. The molecule has 0 saturated carbocycles. The van der Waals surface area contributed by atoms with E-state index in [9.17, 15) is 0 Å². The van der Waals surface area contributed by atoms with Crippen LogP contribution in [0.2, 0.25) is 0 Å². The van der Waals surface area contributed by atoms with Crippen LogP contribution in [0.4, 0.5) is 11.4 Å². The number of aryl methyl sites for hydroxylation is 3. The van der Waals surface area contributed by atoms with Crippen LogP contribution in [0.1, 0.15) is 27.8 Å². The van der Waals surface area contributed by atoms with Crippen LogP contribution in [0, 0.1) is 20.8 Å². The van der Waals surface area contributed by atoms with Crippen molar-refractivity contribution in [2.45, 2.75) is 33.9 Å². The van der Waals surface area contributed by atoms with Crippen molar-refractivity contribution in [1.82, 2.24) is 0 Å². The Balaban J connectivity index is 1.50. The molecular formula is C35H34NOP. The maximum absolute atomic E-state index is 6.48. The third-order valence-corrected chi connectivity index (χ3v) is 8.33. The first-order valence-corrected chi connectivity index (χ1v) is 14.1. The molecule has 2 nitrogen and oxygen atoms in total. The molecule has 0 N–H and O–H groups in total. The lowest BCUT2D eigenvalue weighted by molar-refractivity contribution is 0.307. The lowest BCUT2D eigenvalue weighted by Crippen LogP contribution is -2.22. The topological polar surface area (TPSA) is 12.5 Å². The molecule has 38 heavy (non-hydrogen) atoms. The van der Waals surface area contributed by atoms with Crippen LogP contribution >= 0.6 is 8.58 Å². The van der Waals surface area contributed by atoms with Gasteiger partial charge in [-0.3, -0.25) is 0 Å². The van der Waals surface area contributed by atoms with Gasteiger partial charge in [-0.15, -0.1) is 0 Å². The summed E-state index contributed by atoms with van der Waals surface area (Å²) in [4.78, 5) is 2.40. The van der Waals surface area contributed by atoms with E-state index in [1.54, 1.807) is 0 Å². The highest BCUT2D eigenvalue weighted by Gasteiger charge is 2.17. The summed E-state index contributed by atoms with van der Waals surface area (Å²) in [5.74, 6) is 1.01. The van der Waals surface area contributed by atoms with E-state index in [4.69, 9.17) is 4.74 Å². The second-order valence-corrected chi connectivity index (χ2v) is 11.0. The molecule has 1 atom stereocenters. The Morgan fingerprint density at radius 1 is 0.632 bits per heavy atom. The lowest BCUT2D eigenvalue weighted by atomic mass is 10.1. The quantitative estimate of drug-likeness (QED) is 0.184. The molecule has 0 saturated heterocycles. The summed E-state index contributed by atoms with van der Waals surface area (Å²) in [5, 5.41) is 2.65. The van der Waals surface area contributed by atoms with E-state index in [1.165, 1.54) is 49.8 Å². The minimum Gasteiger partial charge on any atom is -0.488 e. The first kappa shape index (κ1) is 25.8. The van der Waals surface area contributed by atoms with Crippen molar-refractivity contribution in [3.05, 3.63) is 149 Å². The van der Waals surface area contributed by atoms with Crippen LogP contribution < -0.4 is 20.2 Å². The third kappa shape index (κ3) is 6.15. The van der Waals surface area contributed by atoms with Crippen LogP contribution in [0.15, 0.2) is 121 Å². The Bertz CT molecular complexity index is 1440. The molecule has 5 aromatic rings. The van der Waals surface area contributed by atoms with Gasteiger partial charge < -0.3 is 9.64 Å². The first-order chi connectivity index (χ1) is 18.6. The number of nitrogens with zero attached hydrogens (tertiary/aromatic N) is 1. The van der Waals surface area contributed by atoms with E-state index in [0.717, 1.165) is 12.3 Å². The molecule has 0 amide bonds. The Morgan fingerprint density at radius 2 is 1.24 bits per heavy atom. The van der Waals surface area contributed by atoms with Gasteiger partial charge in [0.15, 0.2) is 0 Å². The number of hydrogen-bond acceptors (Lipinski definition) is 2. The van der Waals surface area contributed by atoms with E-state index >= 15 is 0 Å². The molecular weight excluding hydrogens is 481 g/mol. The average molecular weight is 516 g/mol. The standard InChI is InChI=1S/C35H34NOP/c1-26-22-28(3)34(37-25-29-15-7-4-8-16-29)33(23-26)38-35-27(2)14-13-17-30(35)24-36(31-18-9-5-10-19-31)32-20-11-6-12-21-32/h4-23,38H,24-25H2,1-3H3. The maximum atomic E-state index is 6.48. The molecule has 3 heteroatoms. The first-order valence-electron chi connectivity index (χ1n) is 13.1. The zero-order chi connectivity index (χ0) is 26.3. The molecule has 0 bridgehead atoms. The summed E-state index contributed by atoms with van der Waals surface area (Å²) in [7, 11) is 0.497. The molecule has 0 aliphatic carbocycles. The van der Waals surface area contributed by atoms with Gasteiger partial charge in [0.25, 0.3) is 0 Å². The van der Waals surface area contributed by atoms with Crippen LogP contribution in [-0.4, -0.2) is 0 Å². The Kier molecular flexibility index (Phi) is 8.22. The van der Waals surface area contributed by atoms with Crippen molar-refractivity contribution in [2.75, 3.05) is 4.90 Å². The Labute approximate surface area is 228 Å². The fourth-order valence-electron chi connectivity index (χ4n) is 4.86. The molecule has 190 valence electrons. The monoisotopic (exact) mass is 515 g/mol. The maximum Gasteiger partial charge on any atom is 0.130 e. The smallest absolute Gasteiger partial charge is 0.130 e. The minimum absolute atomic E-state index is 0.497. The normalized spacial score (nSPS) is 11.1. The zero-order valence-electron chi connectivity index (χ0n) is 22.3. The van der Waals surface area contributed by atoms with Gasteiger partial charge in [-0.25, -0.2) is 0 Å². The highest BCUT2D eigenvalue weighted by molar-refractivity contribution is 7.56. The van der Waals surface area contributed by atoms with Crippen LogP contribution in [0.3, 0.4) is 0 Å². The third-order valence-electron chi connectivity index (χ3n) is 6.73. The van der Waals surface area contributed by atoms with Gasteiger partial charge in [0.1, 0.15) is 12.4 Å². The molecule has 0 fully saturated rings. The summed E-state index contributed by atoms with van der Waals surface area (Å²) in [6.45, 7) is 7.93. The second-order valence-electron chi connectivity index (χ2n) is 9.72. The number of anilines is 2. The van der Waals surface area contributed by atoms with Crippen molar-refractivity contribution < 1.29 is 4.74 Å². The molecule has 0 aliphatic heterocycles. The van der Waals surface area contributed by atoms with Gasteiger partial charge in [0, 0.05) is 23.2 Å². The largest absolute Gasteiger partial charge is 0.488 e. The summed E-state index contributed by atoms with van der Waals surface area (Å²) in [6, 6.07) is 42.9. The molecule has 5 aromatic carbocycles. The van der Waals surface area contributed by atoms with Crippen molar-refractivity contribution in [2.24, 2.45) is 0 Å². The van der Waals surface area contributed by atoms with Crippen molar-refractivity contribution in [1.29, 1.82) is 0 Å². The number of hydrogen-bond donors (Lipinski definition) is 0. The Hall–Kier alpha value is -3.87. The van der Waals surface area contributed by atoms with E-state index in [0.29, 0.717) is 15.2 Å². The molecule has 0 aromatic heterocycles. The van der Waals surface area contributed by atoms with E-state index in [-0.39, 0.29) is 0 Å². The molecule has 1 unspecified atom stereocenters. The summed E-state index contributed by atoms with van der Waals surface area (Å²) in [6.07, 6.45) is 0. The predicted octanol–water partition coefficient (Wildman–Crippen LogP) is 8.16. The number of rotatable bonds is 9. The van der Waals surface area contributed by atoms with Gasteiger partial charge >= 0.3 is 0 Å². The van der Waals surface area contributed by atoms with E-state index in [1.807, 2.05) is 6.07 Å². The highest BCUT2D eigenvalue weighted by Crippen LogP contribution is 2.31. The molecule has 0 aliphatic rings. The van der Waals surface area contributed by atoms with Crippen LogP contribution in [0.25, 0.3) is 0 Å². The molecule has 0 radical (unpaired) electrons. The van der Waals surface area contributed by atoms with Gasteiger partial charge in [0.2, 0.25) is 0 Å². The summed E-state index contributed by atoms with van der Waals surface area (Å²) in [5.41, 5.74) is 8.66. The molecule has 0 heterocycles. The van der Waals surface area contributed by atoms with Gasteiger partial charge in [-0.1, -0.05) is 99.6 Å². The second kappa shape index (κ2) is 12.1. The SMILES string of the molecule is Cc1cc(C)c(OCc2ccccc2)c(Pc2c(C)cccc2CN(c2ccccc2)c2ccccc2)c1. The van der Waals surface area contributed by atoms with Crippen LogP contribution in [-0.2, 0) is 13.2 Å². The minimum atomic E-state index is 0.497. The number of benzene rings is 5. The number of para-hydroxylation sites is 2. The summed E-state index contributed by atoms with van der Waals surface area (Å²) < 4.78 is 6.48. The molecule has 5 rings (SSSR count). The van der Waals surface area contributed by atoms with Gasteiger partial charge in [-0.05, 0) is 84.2 Å². The highest BCUT2D eigenvalue weighted by atomic mass is 31.1.